The van der Waals surface area contributed by atoms with E-state index in [0.717, 1.165) is 43.1 Å². The molecule has 0 atom stereocenters. The minimum absolute atomic E-state index is 0.295. The number of hydrogen-bond acceptors (Lipinski definition) is 3. The molecule has 0 fully saturated rings. The molecule has 102 valence electrons. The standard InChI is InChI=1S/C14H22ClNO2/c1-16(9-3-2-4-11-17)10-12-18-14-7-5-13(15)6-8-14/h5-8,17H,2-4,9-12H2,1H3. The van der Waals surface area contributed by atoms with Gasteiger partial charge in [-0.25, -0.2) is 0 Å². The molecule has 0 aliphatic heterocycles. The first-order valence-electron chi connectivity index (χ1n) is 6.40. The second-order valence-corrected chi connectivity index (χ2v) is 4.83. The summed E-state index contributed by atoms with van der Waals surface area (Å²) in [6, 6.07) is 7.41. The lowest BCUT2D eigenvalue weighted by molar-refractivity contribution is 0.230. The molecule has 0 amide bonds. The zero-order valence-corrected chi connectivity index (χ0v) is 11.7. The van der Waals surface area contributed by atoms with Crippen molar-refractivity contribution in [1.82, 2.24) is 4.90 Å². The van der Waals surface area contributed by atoms with Crippen LogP contribution >= 0.6 is 11.6 Å². The van der Waals surface area contributed by atoms with Crippen LogP contribution in [-0.4, -0.2) is 43.4 Å². The van der Waals surface area contributed by atoms with Crippen LogP contribution in [-0.2, 0) is 0 Å². The molecule has 0 radical (unpaired) electrons. The van der Waals surface area contributed by atoms with Gasteiger partial charge < -0.3 is 14.7 Å². The second kappa shape index (κ2) is 9.20. The van der Waals surface area contributed by atoms with Gasteiger partial charge in [-0.2, -0.15) is 0 Å². The van der Waals surface area contributed by atoms with Gasteiger partial charge in [0.25, 0.3) is 0 Å². The Balaban J connectivity index is 2.07. The fourth-order valence-corrected chi connectivity index (χ4v) is 1.76. The molecule has 3 nitrogen and oxygen atoms in total. The van der Waals surface area contributed by atoms with E-state index in [9.17, 15) is 0 Å². The maximum Gasteiger partial charge on any atom is 0.119 e. The van der Waals surface area contributed by atoms with Crippen molar-refractivity contribution in [2.75, 3.05) is 33.4 Å². The van der Waals surface area contributed by atoms with E-state index in [1.165, 1.54) is 0 Å². The van der Waals surface area contributed by atoms with Crippen molar-refractivity contribution in [1.29, 1.82) is 0 Å². The summed E-state index contributed by atoms with van der Waals surface area (Å²) in [5.74, 6) is 0.855. The van der Waals surface area contributed by atoms with Crippen molar-refractivity contribution in [2.45, 2.75) is 19.3 Å². The SMILES string of the molecule is CN(CCCCCO)CCOc1ccc(Cl)cc1. The van der Waals surface area contributed by atoms with Crippen LogP contribution in [0.3, 0.4) is 0 Å². The molecule has 4 heteroatoms. The topological polar surface area (TPSA) is 32.7 Å². The Bertz CT molecular complexity index is 316. The molecule has 0 bridgehead atoms. The van der Waals surface area contributed by atoms with E-state index in [2.05, 4.69) is 11.9 Å². The predicted molar refractivity (Wildman–Crippen MR) is 75.4 cm³/mol. The molecule has 18 heavy (non-hydrogen) atoms. The van der Waals surface area contributed by atoms with Crippen molar-refractivity contribution in [2.24, 2.45) is 0 Å². The minimum atomic E-state index is 0.295. The van der Waals surface area contributed by atoms with Gasteiger partial charge in [0.1, 0.15) is 12.4 Å². The summed E-state index contributed by atoms with van der Waals surface area (Å²) in [6.45, 7) is 2.92. The molecule has 0 saturated heterocycles. The molecule has 0 aromatic heterocycles. The Kier molecular flexibility index (Phi) is 7.81. The van der Waals surface area contributed by atoms with E-state index in [-0.39, 0.29) is 0 Å². The largest absolute Gasteiger partial charge is 0.492 e. The monoisotopic (exact) mass is 271 g/mol. The van der Waals surface area contributed by atoms with E-state index >= 15 is 0 Å². The van der Waals surface area contributed by atoms with Crippen LogP contribution in [0.4, 0.5) is 0 Å². The van der Waals surface area contributed by atoms with E-state index in [4.69, 9.17) is 21.4 Å². The number of hydrogen-bond donors (Lipinski definition) is 1. The first kappa shape index (κ1) is 15.3. The van der Waals surface area contributed by atoms with Gasteiger partial charge in [0, 0.05) is 18.2 Å². The summed E-state index contributed by atoms with van der Waals surface area (Å²) in [6.07, 6.45) is 3.10. The Morgan fingerprint density at radius 2 is 1.83 bits per heavy atom. The van der Waals surface area contributed by atoms with Gasteiger partial charge in [0.15, 0.2) is 0 Å². The highest BCUT2D eigenvalue weighted by Crippen LogP contribution is 2.15. The van der Waals surface area contributed by atoms with Crippen LogP contribution in [0.25, 0.3) is 0 Å². The predicted octanol–water partition coefficient (Wildman–Crippen LogP) is 2.81. The van der Waals surface area contributed by atoms with Gasteiger partial charge in [0.2, 0.25) is 0 Å². The summed E-state index contributed by atoms with van der Waals surface area (Å²) in [7, 11) is 2.09. The number of aliphatic hydroxyl groups is 1. The highest BCUT2D eigenvalue weighted by atomic mass is 35.5. The minimum Gasteiger partial charge on any atom is -0.492 e. The van der Waals surface area contributed by atoms with Crippen molar-refractivity contribution >= 4 is 11.6 Å². The zero-order valence-electron chi connectivity index (χ0n) is 10.9. The van der Waals surface area contributed by atoms with Gasteiger partial charge in [-0.3, -0.25) is 0 Å². The number of likely N-dealkylation sites (N-methyl/N-ethyl adjacent to an activating group) is 1. The van der Waals surface area contributed by atoms with Crippen LogP contribution in [0.1, 0.15) is 19.3 Å². The van der Waals surface area contributed by atoms with Crippen LogP contribution < -0.4 is 4.74 Å². The van der Waals surface area contributed by atoms with E-state index < -0.39 is 0 Å². The second-order valence-electron chi connectivity index (χ2n) is 4.39. The number of rotatable bonds is 9. The van der Waals surface area contributed by atoms with Gasteiger partial charge in [-0.05, 0) is 57.1 Å². The number of aliphatic hydroxyl groups excluding tert-OH is 1. The van der Waals surface area contributed by atoms with Gasteiger partial charge in [-0.1, -0.05) is 11.6 Å². The number of halogens is 1. The maximum absolute atomic E-state index is 8.68. The van der Waals surface area contributed by atoms with Crippen molar-refractivity contribution in [3.8, 4) is 5.75 Å². The Labute approximate surface area is 114 Å². The third kappa shape index (κ3) is 6.84. The van der Waals surface area contributed by atoms with Crippen LogP contribution in [0.5, 0.6) is 5.75 Å². The summed E-state index contributed by atoms with van der Waals surface area (Å²) in [5, 5.41) is 9.40. The molecule has 0 heterocycles. The molecule has 1 aromatic rings. The zero-order chi connectivity index (χ0) is 13.2. The lowest BCUT2D eigenvalue weighted by Crippen LogP contribution is -2.25. The fourth-order valence-electron chi connectivity index (χ4n) is 1.63. The number of nitrogens with zero attached hydrogens (tertiary/aromatic N) is 1. The number of ether oxygens (including phenoxy) is 1. The van der Waals surface area contributed by atoms with Crippen LogP contribution in [0.2, 0.25) is 5.02 Å². The average molecular weight is 272 g/mol. The summed E-state index contributed by atoms with van der Waals surface area (Å²) in [4.78, 5) is 2.24. The molecule has 0 aliphatic carbocycles. The number of benzene rings is 1. The maximum atomic E-state index is 8.68. The Morgan fingerprint density at radius 1 is 1.11 bits per heavy atom. The van der Waals surface area contributed by atoms with Gasteiger partial charge in [-0.15, -0.1) is 0 Å². The molecular formula is C14H22ClNO2. The normalized spacial score (nSPS) is 10.9. The van der Waals surface area contributed by atoms with Crippen molar-refractivity contribution < 1.29 is 9.84 Å². The quantitative estimate of drug-likeness (QED) is 0.701. The number of unbranched alkanes of at least 4 members (excludes halogenated alkanes) is 2. The molecule has 1 rings (SSSR count). The Hall–Kier alpha value is -0.770. The fraction of sp³-hybridized carbons (Fsp3) is 0.571. The summed E-state index contributed by atoms with van der Waals surface area (Å²) < 4.78 is 5.62. The van der Waals surface area contributed by atoms with Crippen LogP contribution in [0.15, 0.2) is 24.3 Å². The van der Waals surface area contributed by atoms with E-state index in [0.29, 0.717) is 13.2 Å². The first-order chi connectivity index (χ1) is 8.72. The third-order valence-corrected chi connectivity index (χ3v) is 3.01. The average Bonchev–Trinajstić information content (AvgIpc) is 2.37. The molecular weight excluding hydrogens is 250 g/mol. The van der Waals surface area contributed by atoms with E-state index in [1.54, 1.807) is 0 Å². The third-order valence-electron chi connectivity index (χ3n) is 2.75. The Morgan fingerprint density at radius 3 is 2.50 bits per heavy atom. The lowest BCUT2D eigenvalue weighted by Gasteiger charge is -2.16. The summed E-state index contributed by atoms with van der Waals surface area (Å²) in [5.41, 5.74) is 0. The molecule has 1 N–H and O–H groups in total. The molecule has 0 spiro atoms. The van der Waals surface area contributed by atoms with E-state index in [1.807, 2.05) is 24.3 Å². The molecule has 0 aliphatic rings. The van der Waals surface area contributed by atoms with Gasteiger partial charge in [0.05, 0.1) is 0 Å². The molecule has 0 saturated carbocycles. The molecule has 0 unspecified atom stereocenters. The first-order valence-corrected chi connectivity index (χ1v) is 6.78. The van der Waals surface area contributed by atoms with Crippen molar-refractivity contribution in [3.63, 3.8) is 0 Å². The van der Waals surface area contributed by atoms with Gasteiger partial charge >= 0.3 is 0 Å². The highest BCUT2D eigenvalue weighted by molar-refractivity contribution is 6.30. The van der Waals surface area contributed by atoms with Crippen LogP contribution in [0, 0.1) is 0 Å². The highest BCUT2D eigenvalue weighted by Gasteiger charge is 1.99. The van der Waals surface area contributed by atoms with Crippen molar-refractivity contribution in [3.05, 3.63) is 29.3 Å². The lowest BCUT2D eigenvalue weighted by atomic mass is 10.2. The summed E-state index contributed by atoms with van der Waals surface area (Å²) >= 11 is 5.80. The molecule has 1 aromatic carbocycles. The smallest absolute Gasteiger partial charge is 0.119 e.